The van der Waals surface area contributed by atoms with Crippen molar-refractivity contribution in [1.29, 1.82) is 0 Å². The molecular weight excluding hydrogens is 259 g/mol. The Bertz CT molecular complexity index is 608. The highest BCUT2D eigenvalue weighted by Gasteiger charge is 2.08. The lowest BCUT2D eigenvalue weighted by molar-refractivity contribution is 0.0961. The van der Waals surface area contributed by atoms with E-state index < -0.39 is 5.82 Å². The Kier molecular flexibility index (Phi) is 4.60. The third-order valence-corrected chi connectivity index (χ3v) is 2.77. The van der Waals surface area contributed by atoms with E-state index in [0.29, 0.717) is 11.8 Å². The molecule has 0 bridgehead atoms. The zero-order valence-electron chi connectivity index (χ0n) is 10.7. The lowest BCUT2D eigenvalue weighted by Crippen LogP contribution is -2.07. The molecule has 0 aromatic heterocycles. The van der Waals surface area contributed by atoms with E-state index in [1.807, 2.05) is 6.07 Å². The van der Waals surface area contributed by atoms with Gasteiger partial charge < -0.3 is 4.74 Å². The second kappa shape index (κ2) is 6.61. The largest absolute Gasteiger partial charge is 0.490 e. The quantitative estimate of drug-likeness (QED) is 0.598. The summed E-state index contributed by atoms with van der Waals surface area (Å²) in [6.07, 6.45) is 0.727. The van der Waals surface area contributed by atoms with Crippen LogP contribution in [0.25, 0.3) is 0 Å². The van der Waals surface area contributed by atoms with E-state index in [1.165, 1.54) is 12.1 Å². The first kappa shape index (κ1) is 13.9. The maximum absolute atomic E-state index is 13.5. The molecule has 0 saturated heterocycles. The Balaban J connectivity index is 1.90. The second-order valence-electron chi connectivity index (χ2n) is 4.20. The number of rotatable bonds is 6. The van der Waals surface area contributed by atoms with E-state index in [1.54, 1.807) is 24.3 Å². The van der Waals surface area contributed by atoms with Crippen molar-refractivity contribution in [3.63, 3.8) is 0 Å². The Hall–Kier alpha value is -2.49. The van der Waals surface area contributed by atoms with Crippen molar-refractivity contribution in [3.05, 3.63) is 65.5 Å². The van der Waals surface area contributed by atoms with Crippen LogP contribution in [0.1, 0.15) is 27.1 Å². The average molecular weight is 272 g/mol. The number of halogens is 1. The van der Waals surface area contributed by atoms with Gasteiger partial charge in [0, 0.05) is 17.5 Å². The molecule has 0 aliphatic rings. The molecule has 0 aliphatic carbocycles. The standard InChI is InChI=1S/C16H13FO3/c17-14-10-12(11-18)6-7-16(14)20-9-8-15(19)13-4-2-1-3-5-13/h1-7,10-11H,8-9H2. The summed E-state index contributed by atoms with van der Waals surface area (Å²) in [5, 5.41) is 0. The molecule has 0 amide bonds. The normalized spacial score (nSPS) is 10.1. The summed E-state index contributed by atoms with van der Waals surface area (Å²) < 4.78 is 18.7. The molecule has 0 radical (unpaired) electrons. The van der Waals surface area contributed by atoms with Crippen molar-refractivity contribution in [2.75, 3.05) is 6.61 Å². The first-order valence-electron chi connectivity index (χ1n) is 6.16. The molecule has 0 aliphatic heterocycles. The molecule has 0 atom stereocenters. The minimum atomic E-state index is -0.609. The van der Waals surface area contributed by atoms with Crippen LogP contribution in [-0.4, -0.2) is 18.7 Å². The number of aldehydes is 1. The molecule has 0 spiro atoms. The lowest BCUT2D eigenvalue weighted by atomic mass is 10.1. The molecule has 3 nitrogen and oxygen atoms in total. The van der Waals surface area contributed by atoms with Crippen LogP contribution in [0.3, 0.4) is 0 Å². The third kappa shape index (κ3) is 3.51. The van der Waals surface area contributed by atoms with Gasteiger partial charge in [-0.3, -0.25) is 9.59 Å². The second-order valence-corrected chi connectivity index (χ2v) is 4.20. The zero-order chi connectivity index (χ0) is 14.4. The zero-order valence-corrected chi connectivity index (χ0v) is 10.7. The van der Waals surface area contributed by atoms with Crippen LogP contribution in [0, 0.1) is 5.82 Å². The van der Waals surface area contributed by atoms with Crippen molar-refractivity contribution in [2.24, 2.45) is 0 Å². The molecule has 2 aromatic carbocycles. The summed E-state index contributed by atoms with van der Waals surface area (Å²) in [7, 11) is 0. The monoisotopic (exact) mass is 272 g/mol. The number of ketones is 1. The maximum atomic E-state index is 13.5. The molecule has 0 saturated carbocycles. The molecule has 2 aromatic rings. The Morgan fingerprint density at radius 2 is 1.90 bits per heavy atom. The number of hydrogen-bond donors (Lipinski definition) is 0. The van der Waals surface area contributed by atoms with Gasteiger partial charge in [0.05, 0.1) is 6.61 Å². The molecule has 0 N–H and O–H groups in total. The highest BCUT2D eigenvalue weighted by molar-refractivity contribution is 5.96. The number of carbonyl (C=O) groups excluding carboxylic acids is 2. The number of carbonyl (C=O) groups is 2. The van der Waals surface area contributed by atoms with Gasteiger partial charge in [-0.2, -0.15) is 0 Å². The van der Waals surface area contributed by atoms with Gasteiger partial charge in [0.2, 0.25) is 0 Å². The van der Waals surface area contributed by atoms with Crippen LogP contribution < -0.4 is 4.74 Å². The van der Waals surface area contributed by atoms with Gasteiger partial charge in [0.1, 0.15) is 6.29 Å². The number of ether oxygens (including phenoxy) is 1. The fourth-order valence-corrected chi connectivity index (χ4v) is 1.73. The van der Waals surface area contributed by atoms with Crippen molar-refractivity contribution >= 4 is 12.1 Å². The van der Waals surface area contributed by atoms with E-state index in [-0.39, 0.29) is 30.1 Å². The highest BCUT2D eigenvalue weighted by atomic mass is 19.1. The van der Waals surface area contributed by atoms with Crippen LogP contribution in [-0.2, 0) is 0 Å². The van der Waals surface area contributed by atoms with Gasteiger partial charge >= 0.3 is 0 Å². The Morgan fingerprint density at radius 3 is 2.55 bits per heavy atom. The van der Waals surface area contributed by atoms with Crippen LogP contribution >= 0.6 is 0 Å². The topological polar surface area (TPSA) is 43.4 Å². The molecule has 0 unspecified atom stereocenters. The van der Waals surface area contributed by atoms with Gasteiger partial charge in [-0.05, 0) is 18.2 Å². The number of benzene rings is 2. The first-order chi connectivity index (χ1) is 9.70. The van der Waals surface area contributed by atoms with Crippen molar-refractivity contribution in [2.45, 2.75) is 6.42 Å². The third-order valence-electron chi connectivity index (χ3n) is 2.77. The molecular formula is C16H13FO3. The molecule has 20 heavy (non-hydrogen) atoms. The summed E-state index contributed by atoms with van der Waals surface area (Å²) in [4.78, 5) is 22.3. The summed E-state index contributed by atoms with van der Waals surface area (Å²) in [5.74, 6) is -0.631. The van der Waals surface area contributed by atoms with Crippen LogP contribution in [0.15, 0.2) is 48.5 Å². The van der Waals surface area contributed by atoms with Gasteiger partial charge in [-0.1, -0.05) is 30.3 Å². The van der Waals surface area contributed by atoms with Gasteiger partial charge in [-0.15, -0.1) is 0 Å². The number of hydrogen-bond acceptors (Lipinski definition) is 3. The minimum Gasteiger partial charge on any atom is -0.490 e. The molecule has 2 rings (SSSR count). The SMILES string of the molecule is O=Cc1ccc(OCCC(=O)c2ccccc2)c(F)c1. The van der Waals surface area contributed by atoms with E-state index in [9.17, 15) is 14.0 Å². The van der Waals surface area contributed by atoms with Crippen LogP contribution in [0.5, 0.6) is 5.75 Å². The molecule has 0 heterocycles. The van der Waals surface area contributed by atoms with Crippen molar-refractivity contribution < 1.29 is 18.7 Å². The highest BCUT2D eigenvalue weighted by Crippen LogP contribution is 2.18. The summed E-state index contributed by atoms with van der Waals surface area (Å²) in [5.41, 5.74) is 0.850. The smallest absolute Gasteiger partial charge is 0.166 e. The molecule has 0 fully saturated rings. The van der Waals surface area contributed by atoms with Crippen molar-refractivity contribution in [3.8, 4) is 5.75 Å². The maximum Gasteiger partial charge on any atom is 0.166 e. The Labute approximate surface area is 116 Å². The molecule has 102 valence electrons. The van der Waals surface area contributed by atoms with Crippen molar-refractivity contribution in [1.82, 2.24) is 0 Å². The predicted molar refractivity (Wildman–Crippen MR) is 72.7 cm³/mol. The average Bonchev–Trinajstić information content (AvgIpc) is 2.49. The van der Waals surface area contributed by atoms with E-state index in [4.69, 9.17) is 4.74 Å². The molecule has 4 heteroatoms. The van der Waals surface area contributed by atoms with Crippen LogP contribution in [0.2, 0.25) is 0 Å². The predicted octanol–water partition coefficient (Wildman–Crippen LogP) is 3.29. The van der Waals surface area contributed by atoms with E-state index >= 15 is 0 Å². The summed E-state index contributed by atoms with van der Waals surface area (Å²) in [6.45, 7) is 0.0884. The van der Waals surface area contributed by atoms with Crippen LogP contribution in [0.4, 0.5) is 4.39 Å². The van der Waals surface area contributed by atoms with Gasteiger partial charge in [0.25, 0.3) is 0 Å². The fourth-order valence-electron chi connectivity index (χ4n) is 1.73. The summed E-state index contributed by atoms with van der Waals surface area (Å²) in [6, 6.07) is 12.8. The van der Waals surface area contributed by atoms with Gasteiger partial charge in [0.15, 0.2) is 17.3 Å². The summed E-state index contributed by atoms with van der Waals surface area (Å²) >= 11 is 0. The van der Waals surface area contributed by atoms with Gasteiger partial charge in [-0.25, -0.2) is 4.39 Å². The van der Waals surface area contributed by atoms with E-state index in [0.717, 1.165) is 6.07 Å². The Morgan fingerprint density at radius 1 is 1.15 bits per heavy atom. The first-order valence-corrected chi connectivity index (χ1v) is 6.16. The van der Waals surface area contributed by atoms with E-state index in [2.05, 4.69) is 0 Å². The minimum absolute atomic E-state index is 0.0384. The fraction of sp³-hybridized carbons (Fsp3) is 0.125. The number of Topliss-reactive ketones (excluding diaryl/α,β-unsaturated/α-hetero) is 1. The lowest BCUT2D eigenvalue weighted by Gasteiger charge is -2.07.